The van der Waals surface area contributed by atoms with Crippen molar-refractivity contribution in [1.82, 2.24) is 19.7 Å². The second kappa shape index (κ2) is 10.3. The summed E-state index contributed by atoms with van der Waals surface area (Å²) in [5.41, 5.74) is 1.08. The average Bonchev–Trinajstić information content (AvgIpc) is 3.50. The van der Waals surface area contributed by atoms with Crippen LogP contribution < -0.4 is 9.46 Å². The second-order valence-corrected chi connectivity index (χ2v) is 10.3. The molecule has 2 aromatic rings. The third-order valence-corrected chi connectivity index (χ3v) is 8.00. The van der Waals surface area contributed by atoms with Crippen LogP contribution in [0.1, 0.15) is 56.6 Å². The molecule has 0 radical (unpaired) electrons. The van der Waals surface area contributed by atoms with Crippen LogP contribution in [-0.4, -0.2) is 60.5 Å². The van der Waals surface area contributed by atoms with Crippen molar-refractivity contribution >= 4 is 10.0 Å². The summed E-state index contributed by atoms with van der Waals surface area (Å²) in [4.78, 5) is 0.0746. The summed E-state index contributed by atoms with van der Waals surface area (Å²) in [7, 11) is -2.38. The van der Waals surface area contributed by atoms with E-state index in [1.165, 1.54) is 38.9 Å². The average molecular weight is 465 g/mol. The van der Waals surface area contributed by atoms with Gasteiger partial charge in [-0.1, -0.05) is 30.2 Å². The van der Waals surface area contributed by atoms with E-state index in [9.17, 15) is 13.5 Å². The minimum atomic E-state index is -3.81. The summed E-state index contributed by atoms with van der Waals surface area (Å²) in [6.07, 6.45) is 8.26. The highest BCUT2D eigenvalue weighted by atomic mass is 32.2. The van der Waals surface area contributed by atoms with Crippen molar-refractivity contribution in [1.29, 1.82) is 0 Å². The maximum absolute atomic E-state index is 12.9. The Balaban J connectivity index is 1.33. The van der Waals surface area contributed by atoms with Crippen molar-refractivity contribution in [2.24, 2.45) is 0 Å². The number of aliphatic hydroxyl groups is 1. The molecule has 4 rings (SSSR count). The number of para-hydroxylation sites is 1. The van der Waals surface area contributed by atoms with Gasteiger partial charge in [0.15, 0.2) is 0 Å². The maximum atomic E-state index is 12.9. The number of hydrogen-bond donors (Lipinski definition) is 2. The first kappa shape index (κ1) is 23.2. The fraction of sp³-hybridized carbons (Fsp3) is 0.636. The van der Waals surface area contributed by atoms with Crippen molar-refractivity contribution in [2.75, 3.05) is 13.7 Å². The molecule has 2 N–H and O–H groups in total. The number of hydrogen-bond acceptors (Lipinski definition) is 7. The van der Waals surface area contributed by atoms with Crippen LogP contribution in [-0.2, 0) is 21.3 Å². The summed E-state index contributed by atoms with van der Waals surface area (Å²) in [5.74, 6) is 0.811. The third-order valence-electron chi connectivity index (χ3n) is 6.47. The van der Waals surface area contributed by atoms with Crippen LogP contribution in [0.3, 0.4) is 0 Å². The number of nitrogens with one attached hydrogen (secondary N) is 1. The normalized spacial score (nSPS) is 24.6. The predicted molar refractivity (Wildman–Crippen MR) is 118 cm³/mol. The van der Waals surface area contributed by atoms with Crippen molar-refractivity contribution in [2.45, 2.75) is 80.6 Å². The number of rotatable bonds is 9. The topological polar surface area (TPSA) is 116 Å². The molecule has 2 fully saturated rings. The van der Waals surface area contributed by atoms with E-state index in [-0.39, 0.29) is 23.4 Å². The highest BCUT2D eigenvalue weighted by molar-refractivity contribution is 7.89. The van der Waals surface area contributed by atoms with Crippen LogP contribution in [0, 0.1) is 0 Å². The fourth-order valence-electron chi connectivity index (χ4n) is 4.69. The molecule has 9 nitrogen and oxygen atoms in total. The van der Waals surface area contributed by atoms with E-state index in [0.717, 1.165) is 12.1 Å². The first-order valence-corrected chi connectivity index (χ1v) is 12.8. The molecule has 1 aromatic heterocycles. The van der Waals surface area contributed by atoms with Crippen LogP contribution in [0.15, 0.2) is 35.4 Å². The monoisotopic (exact) mass is 464 g/mol. The van der Waals surface area contributed by atoms with E-state index in [1.807, 2.05) is 10.9 Å². The molecule has 3 atom stereocenters. The Morgan fingerprint density at radius 1 is 1.22 bits per heavy atom. The SMILES string of the molecule is COc1ccccc1S(=O)(=O)N[C@@H]1CC[C@@H](CCn2cc(C3CCCC3)nn2)O[C@@H]1CO. The lowest BCUT2D eigenvalue weighted by atomic mass is 9.98. The van der Waals surface area contributed by atoms with Gasteiger partial charge in [0, 0.05) is 18.7 Å². The van der Waals surface area contributed by atoms with Crippen molar-refractivity contribution in [3.8, 4) is 5.75 Å². The fourth-order valence-corrected chi connectivity index (χ4v) is 6.16. The van der Waals surface area contributed by atoms with E-state index in [0.29, 0.717) is 25.3 Å². The Morgan fingerprint density at radius 3 is 2.75 bits per heavy atom. The first-order chi connectivity index (χ1) is 15.5. The second-order valence-electron chi connectivity index (χ2n) is 8.61. The van der Waals surface area contributed by atoms with Gasteiger partial charge in [0.2, 0.25) is 10.0 Å². The molecular formula is C22H32N4O5S. The molecule has 32 heavy (non-hydrogen) atoms. The van der Waals surface area contributed by atoms with Crippen LogP contribution in [0.25, 0.3) is 0 Å². The molecule has 1 aromatic carbocycles. The van der Waals surface area contributed by atoms with Gasteiger partial charge in [-0.05, 0) is 44.2 Å². The van der Waals surface area contributed by atoms with Gasteiger partial charge in [0.1, 0.15) is 10.6 Å². The Bertz CT molecular complexity index is 990. The number of benzene rings is 1. The molecule has 2 aliphatic rings. The van der Waals surface area contributed by atoms with E-state index in [1.54, 1.807) is 18.2 Å². The lowest BCUT2D eigenvalue weighted by Crippen LogP contribution is -2.51. The van der Waals surface area contributed by atoms with E-state index in [4.69, 9.17) is 9.47 Å². The molecular weight excluding hydrogens is 432 g/mol. The molecule has 2 heterocycles. The molecule has 0 bridgehead atoms. The highest BCUT2D eigenvalue weighted by Gasteiger charge is 2.34. The highest BCUT2D eigenvalue weighted by Crippen LogP contribution is 2.32. The molecule has 1 aliphatic heterocycles. The molecule has 1 saturated heterocycles. The van der Waals surface area contributed by atoms with E-state index < -0.39 is 22.2 Å². The summed E-state index contributed by atoms with van der Waals surface area (Å²) < 4.78 is 41.6. The number of aromatic nitrogens is 3. The van der Waals surface area contributed by atoms with Crippen LogP contribution in [0.2, 0.25) is 0 Å². The van der Waals surface area contributed by atoms with E-state index in [2.05, 4.69) is 15.0 Å². The van der Waals surface area contributed by atoms with Gasteiger partial charge in [-0.3, -0.25) is 4.68 Å². The zero-order chi connectivity index (χ0) is 22.6. The quantitative estimate of drug-likeness (QED) is 0.585. The summed E-state index contributed by atoms with van der Waals surface area (Å²) >= 11 is 0. The van der Waals surface area contributed by atoms with Gasteiger partial charge in [-0.15, -0.1) is 5.10 Å². The predicted octanol–water partition coefficient (Wildman–Crippen LogP) is 2.22. The Hall–Kier alpha value is -2.01. The Morgan fingerprint density at radius 2 is 2.00 bits per heavy atom. The van der Waals surface area contributed by atoms with E-state index >= 15 is 0 Å². The minimum Gasteiger partial charge on any atom is -0.495 e. The number of ether oxygens (including phenoxy) is 2. The first-order valence-electron chi connectivity index (χ1n) is 11.3. The van der Waals surface area contributed by atoms with Gasteiger partial charge < -0.3 is 14.6 Å². The molecule has 10 heteroatoms. The molecule has 0 unspecified atom stereocenters. The van der Waals surface area contributed by atoms with Crippen LogP contribution >= 0.6 is 0 Å². The van der Waals surface area contributed by atoms with Crippen LogP contribution in [0.5, 0.6) is 5.75 Å². The van der Waals surface area contributed by atoms with Gasteiger partial charge in [0.05, 0.1) is 37.7 Å². The maximum Gasteiger partial charge on any atom is 0.244 e. The zero-order valence-electron chi connectivity index (χ0n) is 18.4. The smallest absolute Gasteiger partial charge is 0.244 e. The lowest BCUT2D eigenvalue weighted by molar-refractivity contribution is -0.0891. The summed E-state index contributed by atoms with van der Waals surface area (Å²) in [5, 5.41) is 18.4. The standard InChI is InChI=1S/C22H32N4O5S/c1-30-20-8-4-5-9-22(20)32(28,29)24-18-11-10-17(31-21(18)15-27)12-13-26-14-19(23-25-26)16-6-2-3-7-16/h4-5,8-9,14,16-18,21,24,27H,2-3,6-7,10-13,15H2,1H3/t17-,18+,21+/m0/s1. The summed E-state index contributed by atoms with van der Waals surface area (Å²) in [6.45, 7) is 0.422. The van der Waals surface area contributed by atoms with Crippen molar-refractivity contribution in [3.05, 3.63) is 36.2 Å². The number of sulfonamides is 1. The molecule has 0 amide bonds. The Kier molecular flexibility index (Phi) is 7.44. The van der Waals surface area contributed by atoms with Gasteiger partial charge in [-0.2, -0.15) is 0 Å². The largest absolute Gasteiger partial charge is 0.495 e. The molecule has 1 saturated carbocycles. The number of nitrogens with zero attached hydrogens (tertiary/aromatic N) is 3. The van der Waals surface area contributed by atoms with Crippen molar-refractivity contribution in [3.63, 3.8) is 0 Å². The molecule has 176 valence electrons. The number of aliphatic hydroxyl groups excluding tert-OH is 1. The van der Waals surface area contributed by atoms with Gasteiger partial charge >= 0.3 is 0 Å². The zero-order valence-corrected chi connectivity index (χ0v) is 19.2. The Labute approximate surface area is 189 Å². The molecule has 1 aliphatic carbocycles. The van der Waals surface area contributed by atoms with Crippen molar-refractivity contribution < 1.29 is 23.0 Å². The van der Waals surface area contributed by atoms with Gasteiger partial charge in [-0.25, -0.2) is 13.1 Å². The van der Waals surface area contributed by atoms with Crippen LogP contribution in [0.4, 0.5) is 0 Å². The third kappa shape index (κ3) is 5.31. The number of methoxy groups -OCH3 is 1. The lowest BCUT2D eigenvalue weighted by Gasteiger charge is -2.36. The number of aryl methyl sites for hydroxylation is 1. The summed E-state index contributed by atoms with van der Waals surface area (Å²) in [6, 6.07) is 5.96. The van der Waals surface area contributed by atoms with Gasteiger partial charge in [0.25, 0.3) is 0 Å². The minimum absolute atomic E-state index is 0.0710. The molecule has 0 spiro atoms.